The molecule has 0 atom stereocenters. The van der Waals surface area contributed by atoms with Gasteiger partial charge in [-0.15, -0.1) is 11.3 Å². The van der Waals surface area contributed by atoms with E-state index in [1.165, 1.54) is 11.3 Å². The Morgan fingerprint density at radius 1 is 1.04 bits per heavy atom. The minimum atomic E-state index is -0.480. The Bertz CT molecular complexity index is 680. The predicted molar refractivity (Wildman–Crippen MR) is 88.9 cm³/mol. The van der Waals surface area contributed by atoms with Gasteiger partial charge in [0.05, 0.1) is 35.7 Å². The molecule has 0 N–H and O–H groups in total. The largest absolute Gasteiger partial charge is 0.462 e. The monoisotopic (exact) mass is 333 g/mol. The summed E-state index contributed by atoms with van der Waals surface area (Å²) in [6.45, 7) is 7.48. The van der Waals surface area contributed by atoms with Crippen LogP contribution in [-0.2, 0) is 9.47 Å². The summed E-state index contributed by atoms with van der Waals surface area (Å²) < 4.78 is 10.3. The first-order valence-corrected chi connectivity index (χ1v) is 8.28. The maximum atomic E-state index is 12.4. The molecule has 2 rings (SSSR count). The second-order valence-corrected chi connectivity index (χ2v) is 5.77. The number of carbonyl (C=O) groups excluding carboxylic acids is 2. The van der Waals surface area contributed by atoms with Crippen LogP contribution in [0.15, 0.2) is 17.5 Å². The Morgan fingerprint density at radius 2 is 1.57 bits per heavy atom. The lowest BCUT2D eigenvalue weighted by atomic mass is 9.97. The number of aryl methyl sites for hydroxylation is 2. The molecule has 2 heterocycles. The zero-order chi connectivity index (χ0) is 17.0. The third-order valence-electron chi connectivity index (χ3n) is 3.29. The van der Waals surface area contributed by atoms with Gasteiger partial charge in [-0.25, -0.2) is 9.59 Å². The summed E-state index contributed by atoms with van der Waals surface area (Å²) in [5.41, 5.74) is 2.27. The number of nitrogens with zero attached hydrogens (tertiary/aromatic N) is 1. The standard InChI is InChI=1S/C17H19NO4S/c1-5-21-16(19)13-10(3)18-11(4)14(17(20)22-6-2)15(13)12-8-7-9-23-12/h7-9H,5-6H2,1-4H3. The lowest BCUT2D eigenvalue weighted by Crippen LogP contribution is -2.17. The van der Waals surface area contributed by atoms with E-state index in [9.17, 15) is 9.59 Å². The fourth-order valence-electron chi connectivity index (χ4n) is 2.42. The zero-order valence-corrected chi connectivity index (χ0v) is 14.5. The summed E-state index contributed by atoms with van der Waals surface area (Å²) >= 11 is 1.45. The molecule has 0 unspecified atom stereocenters. The normalized spacial score (nSPS) is 10.4. The van der Waals surface area contributed by atoms with Crippen molar-refractivity contribution in [3.05, 3.63) is 40.0 Å². The zero-order valence-electron chi connectivity index (χ0n) is 13.6. The van der Waals surface area contributed by atoms with Crippen molar-refractivity contribution in [2.45, 2.75) is 27.7 Å². The molecule has 0 amide bonds. The second-order valence-electron chi connectivity index (χ2n) is 4.83. The molecule has 122 valence electrons. The molecule has 0 aliphatic carbocycles. The number of rotatable bonds is 5. The summed E-state index contributed by atoms with van der Waals surface area (Å²) in [6.07, 6.45) is 0. The molecule has 6 heteroatoms. The van der Waals surface area contributed by atoms with Crippen LogP contribution in [0, 0.1) is 13.8 Å². The molecular formula is C17H19NO4S. The van der Waals surface area contributed by atoms with Crippen molar-refractivity contribution in [3.63, 3.8) is 0 Å². The van der Waals surface area contributed by atoms with E-state index in [4.69, 9.17) is 9.47 Å². The third kappa shape index (κ3) is 3.42. The highest BCUT2D eigenvalue weighted by Crippen LogP contribution is 2.35. The number of pyridine rings is 1. The van der Waals surface area contributed by atoms with Crippen LogP contribution in [0.2, 0.25) is 0 Å². The fraction of sp³-hybridized carbons (Fsp3) is 0.353. The molecule has 0 bridgehead atoms. The highest BCUT2D eigenvalue weighted by atomic mass is 32.1. The van der Waals surface area contributed by atoms with Crippen LogP contribution < -0.4 is 0 Å². The van der Waals surface area contributed by atoms with Crippen molar-refractivity contribution >= 4 is 23.3 Å². The number of hydrogen-bond donors (Lipinski definition) is 0. The molecule has 0 aliphatic rings. The molecule has 0 spiro atoms. The average Bonchev–Trinajstić information content (AvgIpc) is 3.00. The number of ether oxygens (including phenoxy) is 2. The summed E-state index contributed by atoms with van der Waals surface area (Å²) in [4.78, 5) is 30.0. The average molecular weight is 333 g/mol. The van der Waals surface area contributed by atoms with E-state index in [-0.39, 0.29) is 13.2 Å². The molecule has 0 aliphatic heterocycles. The number of aromatic nitrogens is 1. The van der Waals surface area contributed by atoms with Gasteiger partial charge < -0.3 is 9.47 Å². The first-order chi connectivity index (χ1) is 11.0. The molecule has 0 radical (unpaired) electrons. The van der Waals surface area contributed by atoms with Crippen molar-refractivity contribution in [1.29, 1.82) is 0 Å². The fourth-order valence-corrected chi connectivity index (χ4v) is 3.21. The predicted octanol–water partition coefficient (Wildman–Crippen LogP) is 3.78. The quantitative estimate of drug-likeness (QED) is 0.779. The Balaban J connectivity index is 2.78. The Kier molecular flexibility index (Phi) is 5.50. The van der Waals surface area contributed by atoms with Gasteiger partial charge in [0.1, 0.15) is 0 Å². The van der Waals surface area contributed by atoms with Crippen molar-refractivity contribution in [2.75, 3.05) is 13.2 Å². The van der Waals surface area contributed by atoms with E-state index in [1.54, 1.807) is 27.7 Å². The van der Waals surface area contributed by atoms with Gasteiger partial charge in [-0.1, -0.05) is 6.07 Å². The summed E-state index contributed by atoms with van der Waals surface area (Å²) in [6, 6.07) is 3.74. The minimum absolute atomic E-state index is 0.255. The number of esters is 2. The molecule has 2 aromatic heterocycles. The van der Waals surface area contributed by atoms with Crippen LogP contribution in [0.5, 0.6) is 0 Å². The second kappa shape index (κ2) is 7.37. The van der Waals surface area contributed by atoms with Gasteiger partial charge in [0.25, 0.3) is 0 Å². The maximum absolute atomic E-state index is 12.4. The Labute approximate surface area is 139 Å². The summed E-state index contributed by atoms with van der Waals surface area (Å²) in [5, 5.41) is 1.89. The van der Waals surface area contributed by atoms with E-state index in [2.05, 4.69) is 4.98 Å². The van der Waals surface area contributed by atoms with E-state index >= 15 is 0 Å². The van der Waals surface area contributed by atoms with Crippen LogP contribution >= 0.6 is 11.3 Å². The Morgan fingerprint density at radius 3 is 1.96 bits per heavy atom. The lowest BCUT2D eigenvalue weighted by molar-refractivity contribution is 0.0525. The summed E-state index contributed by atoms with van der Waals surface area (Å²) in [7, 11) is 0. The highest BCUT2D eigenvalue weighted by molar-refractivity contribution is 7.13. The van der Waals surface area contributed by atoms with Crippen LogP contribution in [0.3, 0.4) is 0 Å². The van der Waals surface area contributed by atoms with Crippen LogP contribution in [0.4, 0.5) is 0 Å². The molecule has 0 saturated carbocycles. The number of thiophene rings is 1. The first kappa shape index (κ1) is 17.1. The molecule has 0 aromatic carbocycles. The van der Waals surface area contributed by atoms with E-state index < -0.39 is 11.9 Å². The van der Waals surface area contributed by atoms with Crippen LogP contribution in [-0.4, -0.2) is 30.1 Å². The number of hydrogen-bond acceptors (Lipinski definition) is 6. The highest BCUT2D eigenvalue weighted by Gasteiger charge is 2.28. The van der Waals surface area contributed by atoms with Crippen molar-refractivity contribution < 1.29 is 19.1 Å². The van der Waals surface area contributed by atoms with E-state index in [1.807, 2.05) is 17.5 Å². The third-order valence-corrected chi connectivity index (χ3v) is 4.17. The smallest absolute Gasteiger partial charge is 0.340 e. The summed E-state index contributed by atoms with van der Waals surface area (Å²) in [5.74, 6) is -0.960. The molecule has 0 fully saturated rings. The number of carbonyl (C=O) groups is 2. The van der Waals surface area contributed by atoms with Gasteiger partial charge in [-0.3, -0.25) is 4.98 Å². The molecular weight excluding hydrogens is 314 g/mol. The van der Waals surface area contributed by atoms with Crippen molar-refractivity contribution in [2.24, 2.45) is 0 Å². The van der Waals surface area contributed by atoms with Gasteiger partial charge in [0.15, 0.2) is 0 Å². The van der Waals surface area contributed by atoms with Gasteiger partial charge in [0.2, 0.25) is 0 Å². The van der Waals surface area contributed by atoms with Gasteiger partial charge in [-0.2, -0.15) is 0 Å². The SMILES string of the molecule is CCOC(=O)c1c(C)nc(C)c(C(=O)OCC)c1-c1cccs1. The topological polar surface area (TPSA) is 65.5 Å². The molecule has 2 aromatic rings. The minimum Gasteiger partial charge on any atom is -0.462 e. The molecule has 23 heavy (non-hydrogen) atoms. The van der Waals surface area contributed by atoms with E-state index in [0.29, 0.717) is 28.1 Å². The van der Waals surface area contributed by atoms with Crippen molar-refractivity contribution in [1.82, 2.24) is 4.98 Å². The molecule has 0 saturated heterocycles. The molecule has 5 nitrogen and oxygen atoms in total. The lowest BCUT2D eigenvalue weighted by Gasteiger charge is -2.16. The maximum Gasteiger partial charge on any atom is 0.340 e. The van der Waals surface area contributed by atoms with Crippen LogP contribution in [0.25, 0.3) is 10.4 Å². The van der Waals surface area contributed by atoms with Gasteiger partial charge in [-0.05, 0) is 39.1 Å². The van der Waals surface area contributed by atoms with Gasteiger partial charge in [0, 0.05) is 10.4 Å². The Hall–Kier alpha value is -2.21. The van der Waals surface area contributed by atoms with Crippen molar-refractivity contribution in [3.8, 4) is 10.4 Å². The van der Waals surface area contributed by atoms with E-state index in [0.717, 1.165) is 4.88 Å². The first-order valence-electron chi connectivity index (χ1n) is 7.40. The van der Waals surface area contributed by atoms with Gasteiger partial charge >= 0.3 is 11.9 Å². The van der Waals surface area contributed by atoms with Crippen LogP contribution in [0.1, 0.15) is 46.0 Å².